The summed E-state index contributed by atoms with van der Waals surface area (Å²) in [6, 6.07) is 0. The van der Waals surface area contributed by atoms with Gasteiger partial charge in [-0.3, -0.25) is 9.59 Å². The maximum Gasteiger partial charge on any atom is 0.248 e. The molecule has 204 valence electrons. The maximum absolute atomic E-state index is 13.4. The summed E-state index contributed by atoms with van der Waals surface area (Å²) in [7, 11) is 3.11. The van der Waals surface area contributed by atoms with Gasteiger partial charge in [0, 0.05) is 31.2 Å². The van der Waals surface area contributed by atoms with Gasteiger partial charge in [0.05, 0.1) is 26.2 Å². The number of allylic oxidation sites excluding steroid dienone is 3. The Hall–Kier alpha value is -2.54. The molecule has 0 aromatic rings. The van der Waals surface area contributed by atoms with Crippen LogP contribution in [0.5, 0.6) is 0 Å². The van der Waals surface area contributed by atoms with Crippen molar-refractivity contribution in [3.05, 3.63) is 47.5 Å². The van der Waals surface area contributed by atoms with Crippen LogP contribution in [0.3, 0.4) is 0 Å². The number of methoxy groups -OCH3 is 2. The molecular formula is C29H48N2O5. The number of primary amides is 1. The molecule has 7 heteroatoms. The zero-order valence-corrected chi connectivity index (χ0v) is 23.5. The van der Waals surface area contributed by atoms with E-state index in [2.05, 4.69) is 13.8 Å². The summed E-state index contributed by atoms with van der Waals surface area (Å²) < 4.78 is 10.9. The summed E-state index contributed by atoms with van der Waals surface area (Å²) in [5.74, 6) is 1.03. The molecule has 7 nitrogen and oxygen atoms in total. The summed E-state index contributed by atoms with van der Waals surface area (Å²) in [6.45, 7) is 13.9. The lowest BCUT2D eigenvalue weighted by Gasteiger charge is -2.40. The third-order valence-corrected chi connectivity index (χ3v) is 6.85. The molecule has 36 heavy (non-hydrogen) atoms. The number of rotatable bonds is 7. The van der Waals surface area contributed by atoms with E-state index in [0.29, 0.717) is 35.3 Å². The second-order valence-electron chi connectivity index (χ2n) is 9.44. The Balaban J connectivity index is 0.00000154. The molecule has 1 fully saturated rings. The predicted octanol–water partition coefficient (Wildman–Crippen LogP) is 4.59. The summed E-state index contributed by atoms with van der Waals surface area (Å²) in [5.41, 5.74) is 5.89. The number of hydrogen-bond acceptors (Lipinski definition) is 5. The number of carbonyl (C=O) groups is 2. The van der Waals surface area contributed by atoms with Crippen molar-refractivity contribution in [3.63, 3.8) is 0 Å². The summed E-state index contributed by atoms with van der Waals surface area (Å²) in [6.07, 6.45) is 10.0. The predicted molar refractivity (Wildman–Crippen MR) is 145 cm³/mol. The van der Waals surface area contributed by atoms with Crippen molar-refractivity contribution in [3.8, 4) is 0 Å². The highest BCUT2D eigenvalue weighted by Gasteiger charge is 2.40. The number of amides is 2. The van der Waals surface area contributed by atoms with Gasteiger partial charge in [-0.05, 0) is 42.6 Å². The SMILES string of the molecule is CC.CC.COC1=CC(O)[C@@H](C(CC(=O)N2CC(C)CC(C)C2)[C@@H]2C=CC(C(N)=O)=CC2)C(OC)=C1. The van der Waals surface area contributed by atoms with E-state index in [4.69, 9.17) is 15.2 Å². The molecule has 0 radical (unpaired) electrons. The third kappa shape index (κ3) is 8.26. The number of aliphatic hydroxyl groups excluding tert-OH is 1. The van der Waals surface area contributed by atoms with Crippen molar-refractivity contribution in [2.75, 3.05) is 27.3 Å². The lowest BCUT2D eigenvalue weighted by atomic mass is 9.71. The van der Waals surface area contributed by atoms with Gasteiger partial charge in [-0.15, -0.1) is 0 Å². The van der Waals surface area contributed by atoms with Crippen molar-refractivity contribution < 1.29 is 24.2 Å². The Labute approximate surface area is 218 Å². The average molecular weight is 505 g/mol. The number of nitrogens with zero attached hydrogens (tertiary/aromatic N) is 1. The Morgan fingerprint density at radius 3 is 2.19 bits per heavy atom. The standard InChI is InChI=1S/C25H36N2O5.2C2H6/c1-15-9-16(2)14-27(13-15)23(29)12-20(17-5-7-18(8-6-17)25(26)30)24-21(28)10-19(31-3)11-22(24)32-4;2*1-2/h5,7-8,10-11,15-17,20-21,24,28H,6,9,12-14H2,1-4H3,(H2,26,30);2*1-2H3/t15?,16?,17-,20?,21?,24-;;/m1../s1. The van der Waals surface area contributed by atoms with Crippen molar-refractivity contribution >= 4 is 11.8 Å². The van der Waals surface area contributed by atoms with E-state index in [-0.39, 0.29) is 24.2 Å². The topological polar surface area (TPSA) is 102 Å². The minimum Gasteiger partial charge on any atom is -0.501 e. The number of hydrogen-bond donors (Lipinski definition) is 2. The summed E-state index contributed by atoms with van der Waals surface area (Å²) in [4.78, 5) is 26.9. The fourth-order valence-electron chi connectivity index (χ4n) is 5.39. The molecule has 0 aromatic heterocycles. The van der Waals surface area contributed by atoms with Crippen LogP contribution in [-0.2, 0) is 19.1 Å². The molecule has 3 aliphatic rings. The molecule has 0 saturated carbocycles. The average Bonchev–Trinajstić information content (AvgIpc) is 2.88. The Kier molecular flexibility index (Phi) is 13.6. The highest BCUT2D eigenvalue weighted by Crippen LogP contribution is 2.41. The third-order valence-electron chi connectivity index (χ3n) is 6.85. The molecule has 3 N–H and O–H groups in total. The van der Waals surface area contributed by atoms with E-state index in [1.807, 2.05) is 44.7 Å². The molecule has 4 unspecified atom stereocenters. The molecule has 3 rings (SSSR count). The van der Waals surface area contributed by atoms with Gasteiger partial charge in [0.1, 0.15) is 11.5 Å². The zero-order chi connectivity index (χ0) is 27.4. The van der Waals surface area contributed by atoms with Crippen molar-refractivity contribution in [1.29, 1.82) is 0 Å². The fourth-order valence-corrected chi connectivity index (χ4v) is 5.39. The molecule has 0 aromatic carbocycles. The number of ether oxygens (including phenoxy) is 2. The molecule has 0 bridgehead atoms. The highest BCUT2D eigenvalue weighted by molar-refractivity contribution is 5.95. The monoisotopic (exact) mass is 504 g/mol. The van der Waals surface area contributed by atoms with Crippen LogP contribution in [0.15, 0.2) is 47.5 Å². The zero-order valence-electron chi connectivity index (χ0n) is 23.5. The van der Waals surface area contributed by atoms with Crippen LogP contribution in [0.4, 0.5) is 0 Å². The molecule has 2 amide bonds. The smallest absolute Gasteiger partial charge is 0.248 e. The van der Waals surface area contributed by atoms with E-state index in [9.17, 15) is 14.7 Å². The van der Waals surface area contributed by atoms with Crippen LogP contribution in [0.25, 0.3) is 0 Å². The first-order valence-corrected chi connectivity index (χ1v) is 13.4. The first kappa shape index (κ1) is 31.5. The van der Waals surface area contributed by atoms with Crippen molar-refractivity contribution in [1.82, 2.24) is 4.90 Å². The first-order chi connectivity index (χ1) is 17.2. The summed E-state index contributed by atoms with van der Waals surface area (Å²) in [5, 5.41) is 11.0. The van der Waals surface area contributed by atoms with Crippen molar-refractivity contribution in [2.24, 2.45) is 35.3 Å². The normalized spacial score (nSPS) is 28.1. The van der Waals surface area contributed by atoms with Gasteiger partial charge >= 0.3 is 0 Å². The van der Waals surface area contributed by atoms with Gasteiger partial charge in [0.2, 0.25) is 11.8 Å². The largest absolute Gasteiger partial charge is 0.501 e. The highest BCUT2D eigenvalue weighted by atomic mass is 16.5. The van der Waals surface area contributed by atoms with Gasteiger partial charge in [0.25, 0.3) is 0 Å². The van der Waals surface area contributed by atoms with E-state index in [1.54, 1.807) is 32.4 Å². The number of piperidine rings is 1. The number of likely N-dealkylation sites (tertiary alicyclic amines) is 1. The Bertz CT molecular complexity index is 835. The van der Waals surface area contributed by atoms with Gasteiger partial charge in [-0.1, -0.05) is 59.8 Å². The van der Waals surface area contributed by atoms with Crippen LogP contribution >= 0.6 is 0 Å². The number of aliphatic hydroxyl groups is 1. The quantitative estimate of drug-likeness (QED) is 0.528. The van der Waals surface area contributed by atoms with E-state index < -0.39 is 17.9 Å². The maximum atomic E-state index is 13.4. The minimum atomic E-state index is -0.850. The first-order valence-electron chi connectivity index (χ1n) is 13.4. The van der Waals surface area contributed by atoms with Gasteiger partial charge in [-0.2, -0.15) is 0 Å². The molecule has 1 heterocycles. The second-order valence-corrected chi connectivity index (χ2v) is 9.44. The molecule has 1 aliphatic heterocycles. The fraction of sp³-hybridized carbons (Fsp3) is 0.655. The molecule has 2 aliphatic carbocycles. The molecule has 1 saturated heterocycles. The Morgan fingerprint density at radius 2 is 1.72 bits per heavy atom. The molecular weight excluding hydrogens is 456 g/mol. The lowest BCUT2D eigenvalue weighted by Crippen LogP contribution is -2.45. The minimum absolute atomic E-state index is 0.0441. The number of carbonyl (C=O) groups excluding carboxylic acids is 2. The molecule has 6 atom stereocenters. The Morgan fingerprint density at radius 1 is 1.11 bits per heavy atom. The van der Waals surface area contributed by atoms with E-state index >= 15 is 0 Å². The van der Waals surface area contributed by atoms with Crippen LogP contribution in [0.1, 0.15) is 60.8 Å². The lowest BCUT2D eigenvalue weighted by molar-refractivity contribution is -0.136. The van der Waals surface area contributed by atoms with Gasteiger partial charge in [0.15, 0.2) is 0 Å². The van der Waals surface area contributed by atoms with Crippen LogP contribution < -0.4 is 5.73 Å². The van der Waals surface area contributed by atoms with Crippen LogP contribution in [0.2, 0.25) is 0 Å². The van der Waals surface area contributed by atoms with Crippen molar-refractivity contribution in [2.45, 2.75) is 66.9 Å². The second kappa shape index (κ2) is 15.5. The summed E-state index contributed by atoms with van der Waals surface area (Å²) >= 11 is 0. The van der Waals surface area contributed by atoms with Crippen LogP contribution in [-0.4, -0.2) is 55.2 Å². The van der Waals surface area contributed by atoms with Gasteiger partial charge in [-0.25, -0.2) is 0 Å². The van der Waals surface area contributed by atoms with Crippen LogP contribution in [0, 0.1) is 29.6 Å². The number of nitrogens with two attached hydrogens (primary N) is 1. The van der Waals surface area contributed by atoms with E-state index in [0.717, 1.165) is 19.5 Å². The van der Waals surface area contributed by atoms with Gasteiger partial charge < -0.3 is 25.2 Å². The van der Waals surface area contributed by atoms with E-state index in [1.165, 1.54) is 0 Å². The molecule has 0 spiro atoms.